The molecule has 32 heavy (non-hydrogen) atoms. The molecule has 0 saturated heterocycles. The van der Waals surface area contributed by atoms with E-state index in [1.54, 1.807) is 0 Å². The van der Waals surface area contributed by atoms with Crippen LogP contribution in [0.3, 0.4) is 0 Å². The highest BCUT2D eigenvalue weighted by Crippen LogP contribution is 2.59. The second kappa shape index (κ2) is 5.89. The van der Waals surface area contributed by atoms with Gasteiger partial charge in [0.25, 0.3) is 0 Å². The fraction of sp³-hybridized carbons (Fsp3) is 0.233. The van der Waals surface area contributed by atoms with E-state index in [9.17, 15) is 0 Å². The van der Waals surface area contributed by atoms with E-state index in [1.807, 2.05) is 0 Å². The molecule has 0 spiro atoms. The molecule has 0 fully saturated rings. The van der Waals surface area contributed by atoms with E-state index in [-0.39, 0.29) is 5.41 Å². The van der Waals surface area contributed by atoms with Gasteiger partial charge in [0.1, 0.15) is 7.05 Å². The summed E-state index contributed by atoms with van der Waals surface area (Å²) < 4.78 is 4.90. The zero-order valence-electron chi connectivity index (χ0n) is 19.1. The van der Waals surface area contributed by atoms with E-state index in [4.69, 9.17) is 0 Å². The van der Waals surface area contributed by atoms with Gasteiger partial charge >= 0.3 is 0 Å². The van der Waals surface area contributed by atoms with Crippen LogP contribution in [0.2, 0.25) is 0 Å². The molecule has 2 aromatic carbocycles. The van der Waals surface area contributed by atoms with Crippen LogP contribution in [-0.2, 0) is 12.5 Å². The Kier molecular flexibility index (Phi) is 3.35. The van der Waals surface area contributed by atoms with Crippen molar-refractivity contribution in [3.8, 4) is 22.4 Å². The lowest BCUT2D eigenvalue weighted by molar-refractivity contribution is -0.660. The highest BCUT2D eigenvalue weighted by Gasteiger charge is 2.46. The summed E-state index contributed by atoms with van der Waals surface area (Å²) in [5.41, 5.74) is 12.6. The lowest BCUT2D eigenvalue weighted by Gasteiger charge is -2.28. The first-order valence-corrected chi connectivity index (χ1v) is 11.6. The Labute approximate surface area is 189 Å². The smallest absolute Gasteiger partial charge is 0.212 e. The summed E-state index contributed by atoms with van der Waals surface area (Å²) in [6.07, 6.45) is 11.3. The Balaban J connectivity index is 1.58. The van der Waals surface area contributed by atoms with Crippen molar-refractivity contribution in [2.24, 2.45) is 7.05 Å². The molecule has 2 heteroatoms. The highest BCUT2D eigenvalue weighted by molar-refractivity contribution is 6.05. The second-order valence-corrected chi connectivity index (χ2v) is 10.2. The number of aromatic nitrogens is 2. The molecule has 3 aliphatic rings. The molecule has 156 valence electrons. The molecule has 7 rings (SSSR count). The molecule has 4 aromatic rings. The molecule has 3 heterocycles. The fourth-order valence-electron chi connectivity index (χ4n) is 6.61. The van der Waals surface area contributed by atoms with Gasteiger partial charge in [-0.05, 0) is 41.3 Å². The quantitative estimate of drug-likeness (QED) is 0.313. The third kappa shape index (κ3) is 2.03. The van der Waals surface area contributed by atoms with E-state index in [1.165, 1.54) is 55.7 Å². The van der Waals surface area contributed by atoms with Gasteiger partial charge in [-0.1, -0.05) is 62.4 Å². The van der Waals surface area contributed by atoms with E-state index in [0.717, 1.165) is 0 Å². The molecular weight excluding hydrogens is 388 g/mol. The van der Waals surface area contributed by atoms with Crippen LogP contribution in [0.4, 0.5) is 0 Å². The maximum Gasteiger partial charge on any atom is 0.212 e. The SMILES string of the molecule is Cc1cc2c(cc1-c1cccc[n+]1C)-c1c(n3c4c(cccc14)C1C=CC=CC13)C2(C)C. The first-order chi connectivity index (χ1) is 15.5. The number of hydrogen-bond donors (Lipinski definition) is 0. The zero-order chi connectivity index (χ0) is 21.8. The van der Waals surface area contributed by atoms with Gasteiger partial charge in [-0.15, -0.1) is 0 Å². The van der Waals surface area contributed by atoms with Crippen LogP contribution in [-0.4, -0.2) is 4.57 Å². The molecular formula is C30H27N2+. The third-order valence-corrected chi connectivity index (χ3v) is 8.05. The number of benzene rings is 2. The van der Waals surface area contributed by atoms with Crippen molar-refractivity contribution in [1.29, 1.82) is 0 Å². The van der Waals surface area contributed by atoms with Gasteiger partial charge in [-0.3, -0.25) is 0 Å². The van der Waals surface area contributed by atoms with E-state index >= 15 is 0 Å². The predicted octanol–water partition coefficient (Wildman–Crippen LogP) is 6.51. The van der Waals surface area contributed by atoms with Crippen LogP contribution < -0.4 is 4.57 Å². The lowest BCUT2D eigenvalue weighted by Crippen LogP contribution is -2.30. The third-order valence-electron chi connectivity index (χ3n) is 8.05. The summed E-state index contributed by atoms with van der Waals surface area (Å²) in [4.78, 5) is 0. The van der Waals surface area contributed by atoms with E-state index in [2.05, 4.69) is 116 Å². The van der Waals surface area contributed by atoms with Crippen molar-refractivity contribution in [1.82, 2.24) is 4.57 Å². The number of fused-ring (bicyclic) bond motifs is 8. The second-order valence-electron chi connectivity index (χ2n) is 10.2. The standard InChI is InChI=1S/C30H27N2/c1-18-16-24-23(17-22(18)25-13-7-8-15-31(25)4)27-21-12-9-11-20-19-10-5-6-14-26(19)32(28(20)21)29(27)30(24,2)3/h5-17,19,26H,1-4H3/q+1. The van der Waals surface area contributed by atoms with Crippen molar-refractivity contribution in [2.75, 3.05) is 0 Å². The normalized spacial score (nSPS) is 21.1. The van der Waals surface area contributed by atoms with E-state index < -0.39 is 0 Å². The summed E-state index contributed by atoms with van der Waals surface area (Å²) in [5.74, 6) is 0.448. The molecule has 0 bridgehead atoms. The van der Waals surface area contributed by atoms with Crippen LogP contribution in [0.15, 0.2) is 79.0 Å². The Morgan fingerprint density at radius 1 is 0.938 bits per heavy atom. The number of pyridine rings is 1. The summed E-state index contributed by atoms with van der Waals surface area (Å²) in [6, 6.07) is 18.7. The van der Waals surface area contributed by atoms with Crippen molar-refractivity contribution < 1.29 is 4.57 Å². The van der Waals surface area contributed by atoms with Crippen molar-refractivity contribution >= 4 is 10.9 Å². The summed E-state index contributed by atoms with van der Waals surface area (Å²) in [6.45, 7) is 7.09. The maximum absolute atomic E-state index is 2.67. The van der Waals surface area contributed by atoms with Gasteiger partial charge in [-0.2, -0.15) is 0 Å². The van der Waals surface area contributed by atoms with Crippen molar-refractivity contribution in [3.63, 3.8) is 0 Å². The topological polar surface area (TPSA) is 8.81 Å². The fourth-order valence-corrected chi connectivity index (χ4v) is 6.61. The Morgan fingerprint density at radius 2 is 1.78 bits per heavy atom. The van der Waals surface area contributed by atoms with Gasteiger partial charge in [-0.25, -0.2) is 4.57 Å². The average Bonchev–Trinajstić information content (AvgIpc) is 3.38. The molecule has 1 aliphatic heterocycles. The predicted molar refractivity (Wildman–Crippen MR) is 131 cm³/mol. The molecule has 2 nitrogen and oxygen atoms in total. The Morgan fingerprint density at radius 3 is 2.62 bits per heavy atom. The van der Waals surface area contributed by atoms with Gasteiger partial charge < -0.3 is 4.57 Å². The largest absolute Gasteiger partial charge is 0.335 e. The zero-order valence-corrected chi connectivity index (χ0v) is 19.1. The van der Waals surface area contributed by atoms with E-state index in [0.29, 0.717) is 12.0 Å². The molecule has 2 aromatic heterocycles. The number of nitrogens with zero attached hydrogens (tertiary/aromatic N) is 2. The van der Waals surface area contributed by atoms with Crippen LogP contribution in [0.5, 0.6) is 0 Å². The Bertz CT molecular complexity index is 1530. The Hall–Kier alpha value is -3.39. The minimum atomic E-state index is -0.0347. The molecule has 0 N–H and O–H groups in total. The molecule has 0 radical (unpaired) electrons. The number of allylic oxidation sites excluding steroid dienone is 4. The van der Waals surface area contributed by atoms with Gasteiger partial charge in [0, 0.05) is 45.7 Å². The number of hydrogen-bond acceptors (Lipinski definition) is 0. The molecule has 2 aliphatic carbocycles. The van der Waals surface area contributed by atoms with Gasteiger partial charge in [0.2, 0.25) is 5.69 Å². The number of para-hydroxylation sites is 1. The van der Waals surface area contributed by atoms with Crippen LogP contribution >= 0.6 is 0 Å². The monoisotopic (exact) mass is 415 g/mol. The number of aryl methyl sites for hydroxylation is 2. The van der Waals surface area contributed by atoms with Crippen LogP contribution in [0.1, 0.15) is 48.2 Å². The average molecular weight is 416 g/mol. The van der Waals surface area contributed by atoms with Gasteiger partial charge in [0.05, 0.1) is 11.6 Å². The maximum atomic E-state index is 2.67. The van der Waals surface area contributed by atoms with Gasteiger partial charge in [0.15, 0.2) is 6.20 Å². The van der Waals surface area contributed by atoms with Crippen LogP contribution in [0.25, 0.3) is 33.3 Å². The molecule has 2 atom stereocenters. The van der Waals surface area contributed by atoms with Crippen LogP contribution in [0, 0.1) is 6.92 Å². The van der Waals surface area contributed by atoms with Crippen molar-refractivity contribution in [2.45, 2.75) is 38.1 Å². The first kappa shape index (κ1) is 18.2. The molecule has 0 amide bonds. The summed E-state index contributed by atoms with van der Waals surface area (Å²) in [5, 5.41) is 1.41. The molecule has 2 unspecified atom stereocenters. The summed E-state index contributed by atoms with van der Waals surface area (Å²) >= 11 is 0. The lowest BCUT2D eigenvalue weighted by atomic mass is 9.83. The summed E-state index contributed by atoms with van der Waals surface area (Å²) in [7, 11) is 2.14. The van der Waals surface area contributed by atoms with Crippen molar-refractivity contribution in [3.05, 3.63) is 101 Å². The first-order valence-electron chi connectivity index (χ1n) is 11.6. The minimum Gasteiger partial charge on any atom is -0.335 e. The minimum absolute atomic E-state index is 0.0347. The highest BCUT2D eigenvalue weighted by atomic mass is 15.1. The molecule has 0 saturated carbocycles. The number of rotatable bonds is 1.